The minimum Gasteiger partial charge on any atom is -0.496 e. The summed E-state index contributed by atoms with van der Waals surface area (Å²) in [6, 6.07) is 1.70. The Kier molecular flexibility index (Phi) is 3.52. The van der Waals surface area contributed by atoms with Crippen molar-refractivity contribution in [2.24, 2.45) is 0 Å². The Morgan fingerprint density at radius 3 is 2.69 bits per heavy atom. The van der Waals surface area contributed by atoms with Crippen molar-refractivity contribution in [3.05, 3.63) is 24.9 Å². The largest absolute Gasteiger partial charge is 0.496 e. The van der Waals surface area contributed by atoms with Gasteiger partial charge in [0.05, 0.1) is 27.9 Å². The Hall–Kier alpha value is -1.29. The summed E-state index contributed by atoms with van der Waals surface area (Å²) in [7, 11) is 6.42. The predicted molar refractivity (Wildman–Crippen MR) is 47.5 cm³/mol. The van der Waals surface area contributed by atoms with Crippen molar-refractivity contribution >= 4 is 0 Å². The molecule has 4 heteroatoms. The second-order valence-corrected chi connectivity index (χ2v) is 2.39. The van der Waals surface area contributed by atoms with E-state index in [-0.39, 0.29) is 0 Å². The maximum absolute atomic E-state index is 5.11. The minimum atomic E-state index is 0.375. The van der Waals surface area contributed by atoms with Crippen molar-refractivity contribution < 1.29 is 14.2 Å². The molecule has 0 saturated heterocycles. The summed E-state index contributed by atoms with van der Waals surface area (Å²) in [6.07, 6.45) is 1.64. The molecule has 0 N–H and O–H groups in total. The molecule has 1 heterocycles. The summed E-state index contributed by atoms with van der Waals surface area (Å²) >= 11 is 0. The Labute approximate surface area is 77.5 Å². The van der Waals surface area contributed by atoms with Gasteiger partial charge in [-0.1, -0.05) is 0 Å². The van der Waals surface area contributed by atoms with Crippen molar-refractivity contribution in [2.45, 2.75) is 6.61 Å². The van der Waals surface area contributed by atoms with Crippen LogP contribution < -0.4 is 9.47 Å². The van der Waals surface area contributed by atoms with E-state index in [1.165, 1.54) is 0 Å². The third-order valence-corrected chi connectivity index (χ3v) is 1.61. The van der Waals surface area contributed by atoms with Crippen molar-refractivity contribution in [2.75, 3.05) is 14.2 Å². The third-order valence-electron chi connectivity index (χ3n) is 1.61. The molecule has 0 saturated carbocycles. The third kappa shape index (κ3) is 2.32. The molecule has 0 fully saturated rings. The van der Waals surface area contributed by atoms with E-state index in [0.717, 1.165) is 5.56 Å². The summed E-state index contributed by atoms with van der Waals surface area (Å²) in [5.74, 6) is 1.21. The molecular formula is C9H12NO3. The van der Waals surface area contributed by atoms with E-state index in [4.69, 9.17) is 14.2 Å². The van der Waals surface area contributed by atoms with Crippen LogP contribution in [0, 0.1) is 7.11 Å². The smallest absolute Gasteiger partial charge is 0.216 e. The Morgan fingerprint density at radius 2 is 2.15 bits per heavy atom. The Balaban J connectivity index is 2.93. The molecule has 0 amide bonds. The van der Waals surface area contributed by atoms with E-state index < -0.39 is 0 Å². The maximum Gasteiger partial charge on any atom is 0.216 e. The number of hydrogen-bond donors (Lipinski definition) is 0. The van der Waals surface area contributed by atoms with Gasteiger partial charge in [0, 0.05) is 17.8 Å². The molecule has 1 aromatic rings. The van der Waals surface area contributed by atoms with Crippen LogP contribution in [0.5, 0.6) is 11.6 Å². The molecule has 4 nitrogen and oxygen atoms in total. The number of hydrogen-bond acceptors (Lipinski definition) is 4. The molecule has 1 rings (SSSR count). The molecule has 0 spiro atoms. The highest BCUT2D eigenvalue weighted by Crippen LogP contribution is 2.22. The lowest BCUT2D eigenvalue weighted by molar-refractivity contribution is 0.223. The number of pyridine rings is 1. The SMILES string of the molecule is [CH2]OCc1cnc(OC)cc1OC. The molecule has 71 valence electrons. The van der Waals surface area contributed by atoms with Gasteiger partial charge in [-0.3, -0.25) is 0 Å². The first-order valence-electron chi connectivity index (χ1n) is 3.75. The molecule has 13 heavy (non-hydrogen) atoms. The van der Waals surface area contributed by atoms with Gasteiger partial charge in [-0.25, -0.2) is 4.98 Å². The van der Waals surface area contributed by atoms with Crippen LogP contribution in [-0.2, 0) is 11.3 Å². The van der Waals surface area contributed by atoms with Gasteiger partial charge in [0.1, 0.15) is 5.75 Å². The first kappa shape index (κ1) is 9.80. The monoisotopic (exact) mass is 182 g/mol. The average Bonchev–Trinajstić information content (AvgIpc) is 2.19. The number of nitrogens with zero attached hydrogens (tertiary/aromatic N) is 1. The van der Waals surface area contributed by atoms with E-state index in [1.807, 2.05) is 0 Å². The van der Waals surface area contributed by atoms with Gasteiger partial charge in [0.2, 0.25) is 5.88 Å². The first-order valence-corrected chi connectivity index (χ1v) is 3.75. The molecule has 0 atom stereocenters. The van der Waals surface area contributed by atoms with Gasteiger partial charge in [-0.05, 0) is 0 Å². The van der Waals surface area contributed by atoms with Crippen LogP contribution in [0.1, 0.15) is 5.56 Å². The van der Waals surface area contributed by atoms with E-state index in [1.54, 1.807) is 26.5 Å². The molecule has 1 radical (unpaired) electrons. The predicted octanol–water partition coefficient (Wildman–Crippen LogP) is 1.41. The highest BCUT2D eigenvalue weighted by atomic mass is 16.5. The lowest BCUT2D eigenvalue weighted by Gasteiger charge is -2.07. The van der Waals surface area contributed by atoms with Gasteiger partial charge in [-0.15, -0.1) is 0 Å². The van der Waals surface area contributed by atoms with E-state index in [0.29, 0.717) is 18.2 Å². The molecule has 0 aliphatic heterocycles. The summed E-state index contributed by atoms with van der Waals surface area (Å²) in [4.78, 5) is 4.01. The topological polar surface area (TPSA) is 40.6 Å². The van der Waals surface area contributed by atoms with Crippen molar-refractivity contribution in [1.82, 2.24) is 4.98 Å². The van der Waals surface area contributed by atoms with Crippen molar-refractivity contribution in [3.8, 4) is 11.6 Å². The zero-order valence-corrected chi connectivity index (χ0v) is 7.74. The van der Waals surface area contributed by atoms with Gasteiger partial charge in [-0.2, -0.15) is 0 Å². The molecule has 0 unspecified atom stereocenters. The maximum atomic E-state index is 5.11. The summed E-state index contributed by atoms with van der Waals surface area (Å²) in [5, 5.41) is 0. The fraction of sp³-hybridized carbons (Fsp3) is 0.333. The second-order valence-electron chi connectivity index (χ2n) is 2.39. The summed E-state index contributed by atoms with van der Waals surface area (Å²) in [5.41, 5.74) is 0.846. The average molecular weight is 182 g/mol. The van der Waals surface area contributed by atoms with Gasteiger partial charge >= 0.3 is 0 Å². The summed E-state index contributed by atoms with van der Waals surface area (Å²) < 4.78 is 14.8. The first-order chi connectivity index (χ1) is 6.31. The molecule has 1 aromatic heterocycles. The lowest BCUT2D eigenvalue weighted by atomic mass is 10.3. The van der Waals surface area contributed by atoms with Crippen LogP contribution in [0.4, 0.5) is 0 Å². The van der Waals surface area contributed by atoms with Crippen LogP contribution in [0.25, 0.3) is 0 Å². The highest BCUT2D eigenvalue weighted by molar-refractivity contribution is 5.34. The van der Waals surface area contributed by atoms with Gasteiger partial charge < -0.3 is 14.2 Å². The fourth-order valence-corrected chi connectivity index (χ4v) is 0.967. The standard InChI is InChI=1S/C9H12NO3/c1-11-6-7-5-10-9(13-3)4-8(7)12-2/h4-5H,1,6H2,2-3H3. The summed E-state index contributed by atoms with van der Waals surface area (Å²) in [6.45, 7) is 0.375. The van der Waals surface area contributed by atoms with Crippen LogP contribution >= 0.6 is 0 Å². The normalized spacial score (nSPS) is 9.77. The van der Waals surface area contributed by atoms with E-state index in [2.05, 4.69) is 12.1 Å². The number of aromatic nitrogens is 1. The number of ether oxygens (including phenoxy) is 3. The van der Waals surface area contributed by atoms with E-state index in [9.17, 15) is 0 Å². The number of methoxy groups -OCH3 is 2. The van der Waals surface area contributed by atoms with Gasteiger partial charge in [0.25, 0.3) is 0 Å². The molecule has 0 aliphatic rings. The zero-order chi connectivity index (χ0) is 9.68. The molecular weight excluding hydrogens is 170 g/mol. The van der Waals surface area contributed by atoms with Crippen LogP contribution in [-0.4, -0.2) is 19.2 Å². The quantitative estimate of drug-likeness (QED) is 0.705. The Bertz CT molecular complexity index is 276. The Morgan fingerprint density at radius 1 is 1.38 bits per heavy atom. The molecule has 0 aliphatic carbocycles. The fourth-order valence-electron chi connectivity index (χ4n) is 0.967. The highest BCUT2D eigenvalue weighted by Gasteiger charge is 2.04. The minimum absolute atomic E-state index is 0.375. The van der Waals surface area contributed by atoms with Crippen molar-refractivity contribution in [3.63, 3.8) is 0 Å². The van der Waals surface area contributed by atoms with Crippen LogP contribution in [0.15, 0.2) is 12.3 Å². The van der Waals surface area contributed by atoms with E-state index >= 15 is 0 Å². The van der Waals surface area contributed by atoms with Crippen LogP contribution in [0.3, 0.4) is 0 Å². The van der Waals surface area contributed by atoms with Crippen molar-refractivity contribution in [1.29, 1.82) is 0 Å². The molecule has 0 bridgehead atoms. The second kappa shape index (κ2) is 4.67. The lowest BCUT2D eigenvalue weighted by Crippen LogP contribution is -1.96. The van der Waals surface area contributed by atoms with Crippen LogP contribution in [0.2, 0.25) is 0 Å². The van der Waals surface area contributed by atoms with Gasteiger partial charge in [0.15, 0.2) is 0 Å². The number of rotatable bonds is 4. The zero-order valence-electron chi connectivity index (χ0n) is 7.74. The molecule has 0 aromatic carbocycles.